The molecule has 2 amide bonds. The maximum Gasteiger partial charge on any atom is 0.416 e. The van der Waals surface area contributed by atoms with Gasteiger partial charge >= 0.3 is 6.18 Å². The molecule has 1 fully saturated rings. The summed E-state index contributed by atoms with van der Waals surface area (Å²) in [5, 5.41) is 5.77. The fourth-order valence-electron chi connectivity index (χ4n) is 3.13. The Hall–Kier alpha value is -2.09. The van der Waals surface area contributed by atoms with Crippen LogP contribution in [0.1, 0.15) is 43.7 Å². The first kappa shape index (κ1) is 20.2. The van der Waals surface area contributed by atoms with Crippen molar-refractivity contribution in [1.82, 2.24) is 10.6 Å². The summed E-state index contributed by atoms with van der Waals surface area (Å²) in [6, 6.07) is 4.30. The number of piperidine rings is 1. The van der Waals surface area contributed by atoms with Crippen LogP contribution < -0.4 is 16.4 Å². The van der Waals surface area contributed by atoms with Gasteiger partial charge in [0.05, 0.1) is 5.56 Å². The van der Waals surface area contributed by atoms with Crippen molar-refractivity contribution in [3.8, 4) is 0 Å². The lowest BCUT2D eigenvalue weighted by atomic mass is 9.89. The normalized spacial score (nSPS) is 18.2. The van der Waals surface area contributed by atoms with E-state index in [1.807, 2.05) is 0 Å². The smallest absolute Gasteiger partial charge is 0.367 e. The summed E-state index contributed by atoms with van der Waals surface area (Å²) in [7, 11) is 0. The molecule has 2 rings (SSSR count). The Balaban J connectivity index is 2.11. The molecule has 5 nitrogen and oxygen atoms in total. The third kappa shape index (κ3) is 4.97. The minimum Gasteiger partial charge on any atom is -0.367 e. The van der Waals surface area contributed by atoms with E-state index in [0.717, 1.165) is 38.1 Å². The molecule has 0 bridgehead atoms. The number of rotatable bonds is 6. The van der Waals surface area contributed by atoms with Crippen molar-refractivity contribution in [1.29, 1.82) is 0 Å². The Morgan fingerprint density at radius 1 is 1.23 bits per heavy atom. The number of nitrogens with two attached hydrogens (primary N) is 1. The maximum atomic E-state index is 12.9. The number of nitrogens with one attached hydrogen (secondary N) is 2. The number of benzene rings is 1. The highest BCUT2D eigenvalue weighted by Gasteiger charge is 2.38. The van der Waals surface area contributed by atoms with E-state index in [1.54, 1.807) is 0 Å². The Morgan fingerprint density at radius 3 is 2.42 bits per heavy atom. The number of alkyl halides is 3. The van der Waals surface area contributed by atoms with Crippen LogP contribution in [-0.4, -0.2) is 24.9 Å². The monoisotopic (exact) mass is 371 g/mol. The summed E-state index contributed by atoms with van der Waals surface area (Å²) in [6.45, 7) is 3.15. The second kappa shape index (κ2) is 8.07. The van der Waals surface area contributed by atoms with Gasteiger partial charge < -0.3 is 16.4 Å². The standard InChI is InChI=1S/C18H24F3N3O2/c1-17(16(22)26,13-3-2-4-14(11-13)18(19,20)21)24-15(25)6-5-12-7-9-23-10-8-12/h2-4,11-12,23H,5-10H2,1H3,(H2,22,26)(H,24,25). The third-order valence-corrected chi connectivity index (χ3v) is 4.89. The molecule has 1 heterocycles. The molecule has 0 radical (unpaired) electrons. The van der Waals surface area contributed by atoms with E-state index in [1.165, 1.54) is 19.1 Å². The molecule has 0 aliphatic carbocycles. The van der Waals surface area contributed by atoms with Gasteiger partial charge in [-0.25, -0.2) is 0 Å². The van der Waals surface area contributed by atoms with Crippen molar-refractivity contribution < 1.29 is 22.8 Å². The molecule has 4 N–H and O–H groups in total. The van der Waals surface area contributed by atoms with Gasteiger partial charge in [-0.1, -0.05) is 12.1 Å². The zero-order chi connectivity index (χ0) is 19.4. The third-order valence-electron chi connectivity index (χ3n) is 4.89. The minimum atomic E-state index is -4.55. The van der Waals surface area contributed by atoms with Gasteiger partial charge in [0.25, 0.3) is 0 Å². The molecule has 1 aromatic carbocycles. The lowest BCUT2D eigenvalue weighted by Gasteiger charge is -2.29. The second-order valence-electron chi connectivity index (χ2n) is 6.85. The van der Waals surface area contributed by atoms with Crippen LogP contribution in [0.4, 0.5) is 13.2 Å². The van der Waals surface area contributed by atoms with Gasteiger partial charge in [0.15, 0.2) is 0 Å². The number of amides is 2. The molecule has 1 aliphatic heterocycles. The van der Waals surface area contributed by atoms with E-state index in [-0.39, 0.29) is 12.0 Å². The fraction of sp³-hybridized carbons (Fsp3) is 0.556. The average molecular weight is 371 g/mol. The molecule has 26 heavy (non-hydrogen) atoms. The van der Waals surface area contributed by atoms with Crippen LogP contribution in [0.15, 0.2) is 24.3 Å². The SMILES string of the molecule is CC(NC(=O)CCC1CCNCC1)(C(N)=O)c1cccc(C(F)(F)F)c1. The van der Waals surface area contributed by atoms with E-state index in [0.29, 0.717) is 12.3 Å². The summed E-state index contributed by atoms with van der Waals surface area (Å²) in [4.78, 5) is 24.2. The van der Waals surface area contributed by atoms with Crippen LogP contribution in [0.5, 0.6) is 0 Å². The van der Waals surface area contributed by atoms with Gasteiger partial charge in [0.1, 0.15) is 5.54 Å². The molecule has 1 atom stereocenters. The Bertz CT molecular complexity index is 657. The van der Waals surface area contributed by atoms with Gasteiger partial charge in [0, 0.05) is 6.42 Å². The Morgan fingerprint density at radius 2 is 1.85 bits per heavy atom. The van der Waals surface area contributed by atoms with Crippen molar-refractivity contribution >= 4 is 11.8 Å². The first-order valence-corrected chi connectivity index (χ1v) is 8.62. The van der Waals surface area contributed by atoms with Crippen molar-refractivity contribution in [2.75, 3.05) is 13.1 Å². The average Bonchev–Trinajstić information content (AvgIpc) is 2.60. The van der Waals surface area contributed by atoms with Crippen molar-refractivity contribution in [3.63, 3.8) is 0 Å². The number of halogens is 3. The Kier molecular flexibility index (Phi) is 6.28. The van der Waals surface area contributed by atoms with Gasteiger partial charge in [-0.15, -0.1) is 0 Å². The number of carbonyl (C=O) groups excluding carboxylic acids is 2. The molecule has 0 aromatic heterocycles. The lowest BCUT2D eigenvalue weighted by molar-refractivity contribution is -0.138. The highest BCUT2D eigenvalue weighted by atomic mass is 19.4. The number of hydrogen-bond donors (Lipinski definition) is 3. The summed E-state index contributed by atoms with van der Waals surface area (Å²) in [6.07, 6.45) is -1.72. The summed E-state index contributed by atoms with van der Waals surface area (Å²) in [5.74, 6) is -0.885. The highest BCUT2D eigenvalue weighted by molar-refractivity contribution is 5.91. The molecule has 1 saturated heterocycles. The summed E-state index contributed by atoms with van der Waals surface area (Å²) >= 11 is 0. The van der Waals surface area contributed by atoms with E-state index in [9.17, 15) is 22.8 Å². The molecule has 1 unspecified atom stereocenters. The summed E-state index contributed by atoms with van der Waals surface area (Å²) < 4.78 is 38.8. The molecule has 1 aliphatic rings. The number of carbonyl (C=O) groups is 2. The highest BCUT2D eigenvalue weighted by Crippen LogP contribution is 2.32. The van der Waals surface area contributed by atoms with Crippen molar-refractivity contribution in [3.05, 3.63) is 35.4 Å². The first-order chi connectivity index (χ1) is 12.1. The molecule has 144 valence electrons. The van der Waals surface area contributed by atoms with Crippen LogP contribution in [0.2, 0.25) is 0 Å². The topological polar surface area (TPSA) is 84.2 Å². The zero-order valence-corrected chi connectivity index (χ0v) is 14.7. The largest absolute Gasteiger partial charge is 0.416 e. The van der Waals surface area contributed by atoms with Gasteiger partial charge in [0.2, 0.25) is 11.8 Å². The van der Waals surface area contributed by atoms with E-state index in [4.69, 9.17) is 5.73 Å². The van der Waals surface area contributed by atoms with Crippen LogP contribution in [-0.2, 0) is 21.3 Å². The Labute approximate surface area is 150 Å². The number of hydrogen-bond acceptors (Lipinski definition) is 3. The molecule has 1 aromatic rings. The molecule has 8 heteroatoms. The lowest BCUT2D eigenvalue weighted by Crippen LogP contribution is -2.52. The predicted octanol–water partition coefficient (Wildman–Crippen LogP) is 2.30. The van der Waals surface area contributed by atoms with Crippen molar-refractivity contribution in [2.24, 2.45) is 11.7 Å². The molecular formula is C18H24F3N3O2. The summed E-state index contributed by atoms with van der Waals surface area (Å²) in [5.41, 5.74) is 2.82. The number of primary amides is 1. The maximum absolute atomic E-state index is 12.9. The fourth-order valence-corrected chi connectivity index (χ4v) is 3.13. The van der Waals surface area contributed by atoms with Crippen LogP contribution in [0, 0.1) is 5.92 Å². The van der Waals surface area contributed by atoms with Crippen LogP contribution >= 0.6 is 0 Å². The molecule has 0 spiro atoms. The van der Waals surface area contributed by atoms with Crippen LogP contribution in [0.25, 0.3) is 0 Å². The first-order valence-electron chi connectivity index (χ1n) is 8.62. The predicted molar refractivity (Wildman–Crippen MR) is 91.0 cm³/mol. The van der Waals surface area contributed by atoms with E-state index in [2.05, 4.69) is 10.6 Å². The van der Waals surface area contributed by atoms with Crippen LogP contribution in [0.3, 0.4) is 0 Å². The zero-order valence-electron chi connectivity index (χ0n) is 14.7. The quantitative estimate of drug-likeness (QED) is 0.717. The second-order valence-corrected chi connectivity index (χ2v) is 6.85. The van der Waals surface area contributed by atoms with Gasteiger partial charge in [-0.2, -0.15) is 13.2 Å². The van der Waals surface area contributed by atoms with Gasteiger partial charge in [-0.05, 0) is 62.9 Å². The molecule has 0 saturated carbocycles. The minimum absolute atomic E-state index is 0.00930. The van der Waals surface area contributed by atoms with Gasteiger partial charge in [-0.3, -0.25) is 9.59 Å². The molecular weight excluding hydrogens is 347 g/mol. The van der Waals surface area contributed by atoms with E-state index < -0.39 is 29.1 Å². The van der Waals surface area contributed by atoms with E-state index >= 15 is 0 Å². The van der Waals surface area contributed by atoms with Crippen molar-refractivity contribution in [2.45, 2.75) is 44.3 Å².